The second-order valence-corrected chi connectivity index (χ2v) is 16.5. The molecule has 7 nitrogen and oxygen atoms in total. The minimum atomic E-state index is -0.694. The molecule has 0 aliphatic heterocycles. The van der Waals surface area contributed by atoms with Crippen molar-refractivity contribution >= 4 is 6.09 Å². The summed E-state index contributed by atoms with van der Waals surface area (Å²) in [6, 6.07) is 4.32. The maximum absolute atomic E-state index is 13.1. The zero-order valence-corrected chi connectivity index (χ0v) is 29.2. The van der Waals surface area contributed by atoms with Gasteiger partial charge >= 0.3 is 11.7 Å². The molecular formula is C39H62N2O5. The maximum atomic E-state index is 13.1. The van der Waals surface area contributed by atoms with Crippen molar-refractivity contribution < 1.29 is 19.1 Å². The molecule has 1 aromatic rings. The van der Waals surface area contributed by atoms with Crippen molar-refractivity contribution in [2.75, 3.05) is 13.1 Å². The first-order valence-electron chi connectivity index (χ1n) is 19.1. The Morgan fingerprint density at radius 2 is 1.67 bits per heavy atom. The van der Waals surface area contributed by atoms with Gasteiger partial charge in [-0.3, -0.25) is 0 Å². The number of alkyl carbamates (subject to hydrolysis) is 1. The summed E-state index contributed by atoms with van der Waals surface area (Å²) in [6.45, 7) is 11.7. The highest BCUT2D eigenvalue weighted by molar-refractivity contribution is 5.67. The van der Waals surface area contributed by atoms with Crippen molar-refractivity contribution in [1.29, 1.82) is 0 Å². The van der Waals surface area contributed by atoms with Crippen LogP contribution < -0.4 is 10.9 Å². The maximum Gasteiger partial charge on any atom is 0.407 e. The van der Waals surface area contributed by atoms with Crippen molar-refractivity contribution in [2.45, 2.75) is 167 Å². The molecule has 6 rings (SSSR count). The zero-order chi connectivity index (χ0) is 32.5. The fraction of sp³-hybridized carbons (Fsp3) is 0.846. The molecule has 7 heteroatoms. The molecule has 0 radical (unpaired) electrons. The molecule has 0 bridgehead atoms. The third-order valence-electron chi connectivity index (χ3n) is 14.3. The van der Waals surface area contributed by atoms with Crippen LogP contribution in [0.4, 0.5) is 4.79 Å². The van der Waals surface area contributed by atoms with Crippen molar-refractivity contribution in [1.82, 2.24) is 10.2 Å². The van der Waals surface area contributed by atoms with Gasteiger partial charge in [-0.15, -0.1) is 0 Å². The highest BCUT2D eigenvalue weighted by atomic mass is 16.6. The minimum absolute atomic E-state index is 0.00918. The van der Waals surface area contributed by atoms with Crippen LogP contribution in [-0.4, -0.2) is 53.0 Å². The monoisotopic (exact) mass is 638 g/mol. The van der Waals surface area contributed by atoms with Crippen molar-refractivity contribution in [3.05, 3.63) is 34.4 Å². The quantitative estimate of drug-likeness (QED) is 0.269. The van der Waals surface area contributed by atoms with Gasteiger partial charge in [0.1, 0.15) is 6.10 Å². The Morgan fingerprint density at radius 1 is 0.935 bits per heavy atom. The van der Waals surface area contributed by atoms with E-state index in [0.717, 1.165) is 76.2 Å². The average molecular weight is 639 g/mol. The third kappa shape index (κ3) is 6.33. The standard InChI is InChI=1S/C39H62N2O5/c1-5-7-23-41(24-8-6-2)30-13-11-29(12-14-30)40-36(43)46-31-17-20-37(3)28(25-31)10-15-34-33(37)18-21-38(4)32(19-22-39(34,38)44)27-9-16-35(42)45-26-27/h9,16,26,28-34,44H,5-8,10-15,17-25H2,1-4H3,(H,40,43)/t28-,29?,30?,31+,32-,33+,34-,37+,38-,39+/m1/s1. The molecule has 0 unspecified atom stereocenters. The number of carbonyl (C=O) groups is 1. The molecule has 5 aliphatic rings. The molecule has 2 N–H and O–H groups in total. The Balaban J connectivity index is 1.01. The molecule has 1 heterocycles. The minimum Gasteiger partial charge on any atom is -0.446 e. The lowest BCUT2D eigenvalue weighted by atomic mass is 9.43. The highest BCUT2D eigenvalue weighted by Crippen LogP contribution is 2.70. The van der Waals surface area contributed by atoms with Crippen LogP contribution in [-0.2, 0) is 4.74 Å². The lowest BCUT2D eigenvalue weighted by Crippen LogP contribution is -2.62. The van der Waals surface area contributed by atoms with Gasteiger partial charge in [-0.25, -0.2) is 9.59 Å². The Bertz CT molecular complexity index is 1210. The van der Waals surface area contributed by atoms with Gasteiger partial charge < -0.3 is 24.5 Å². The average Bonchev–Trinajstić information content (AvgIpc) is 3.33. The topological polar surface area (TPSA) is 92.0 Å². The van der Waals surface area contributed by atoms with Gasteiger partial charge in [0.2, 0.25) is 0 Å². The van der Waals surface area contributed by atoms with E-state index in [4.69, 9.17) is 9.15 Å². The number of nitrogens with zero attached hydrogens (tertiary/aromatic N) is 1. The van der Waals surface area contributed by atoms with Crippen molar-refractivity contribution in [3.63, 3.8) is 0 Å². The second kappa shape index (κ2) is 13.9. The predicted octanol–water partition coefficient (Wildman–Crippen LogP) is 8.19. The smallest absolute Gasteiger partial charge is 0.407 e. The number of ether oxygens (including phenoxy) is 1. The Labute approximate surface area is 277 Å². The summed E-state index contributed by atoms with van der Waals surface area (Å²) in [7, 11) is 0. The summed E-state index contributed by atoms with van der Waals surface area (Å²) in [5.41, 5.74) is 0.0104. The first kappa shape index (κ1) is 34.0. The number of unbranched alkanes of at least 4 members (excludes halogenated alkanes) is 2. The number of amides is 1. The molecule has 258 valence electrons. The summed E-state index contributed by atoms with van der Waals surface area (Å²) in [5.74, 6) is 1.54. The van der Waals surface area contributed by atoms with Crippen LogP contribution in [0.1, 0.15) is 148 Å². The Kier molecular flexibility index (Phi) is 10.3. The molecule has 8 atom stereocenters. The Hall–Kier alpha value is -1.86. The van der Waals surface area contributed by atoms with E-state index < -0.39 is 5.60 Å². The largest absolute Gasteiger partial charge is 0.446 e. The van der Waals surface area contributed by atoms with E-state index in [9.17, 15) is 14.7 Å². The van der Waals surface area contributed by atoms with Crippen LogP contribution >= 0.6 is 0 Å². The fourth-order valence-corrected chi connectivity index (χ4v) is 11.5. The molecule has 1 aromatic heterocycles. The van der Waals surface area contributed by atoms with Crippen LogP contribution in [0, 0.1) is 28.6 Å². The molecule has 0 aromatic carbocycles. The molecule has 1 amide bonds. The van der Waals surface area contributed by atoms with Crippen LogP contribution in [0.3, 0.4) is 0 Å². The van der Waals surface area contributed by atoms with E-state index in [2.05, 4.69) is 37.9 Å². The normalized spacial score (nSPS) is 40.5. The molecule has 5 fully saturated rings. The fourth-order valence-electron chi connectivity index (χ4n) is 11.5. The number of carbonyl (C=O) groups excluding carboxylic acids is 1. The molecule has 46 heavy (non-hydrogen) atoms. The summed E-state index contributed by atoms with van der Waals surface area (Å²) in [4.78, 5) is 27.5. The highest BCUT2D eigenvalue weighted by Gasteiger charge is 2.67. The van der Waals surface area contributed by atoms with E-state index in [-0.39, 0.29) is 40.6 Å². The second-order valence-electron chi connectivity index (χ2n) is 16.5. The van der Waals surface area contributed by atoms with Gasteiger partial charge in [0, 0.05) is 23.6 Å². The van der Waals surface area contributed by atoms with E-state index >= 15 is 0 Å². The SMILES string of the molecule is CCCCN(CCCC)C1CCC(NC(=O)O[C@H]2CC[C@@]3(C)[C@H](CC[C@@H]4[C@@H]3CC[C@]3(C)[C@@H](c5ccc(=O)oc5)CC[C@]43O)C2)CC1. The number of aliphatic hydroxyl groups is 1. The van der Waals surface area contributed by atoms with Gasteiger partial charge in [-0.2, -0.15) is 0 Å². The van der Waals surface area contributed by atoms with Crippen molar-refractivity contribution in [2.24, 2.45) is 28.6 Å². The van der Waals surface area contributed by atoms with Crippen molar-refractivity contribution in [3.8, 4) is 0 Å². The van der Waals surface area contributed by atoms with Gasteiger partial charge in [0.05, 0.1) is 11.9 Å². The first-order chi connectivity index (χ1) is 22.1. The first-order valence-corrected chi connectivity index (χ1v) is 19.1. The molecular weight excluding hydrogens is 576 g/mol. The zero-order valence-electron chi connectivity index (χ0n) is 29.2. The Morgan fingerprint density at radius 3 is 2.35 bits per heavy atom. The number of nitrogens with one attached hydrogen (secondary N) is 1. The number of hydrogen-bond acceptors (Lipinski definition) is 6. The summed E-state index contributed by atoms with van der Waals surface area (Å²) < 4.78 is 11.4. The third-order valence-corrected chi connectivity index (χ3v) is 14.3. The summed E-state index contributed by atoms with van der Waals surface area (Å²) in [5, 5.41) is 15.8. The van der Waals surface area contributed by atoms with E-state index in [0.29, 0.717) is 23.8 Å². The number of hydrogen-bond donors (Lipinski definition) is 2. The van der Waals surface area contributed by atoms with E-state index in [1.54, 1.807) is 6.26 Å². The van der Waals surface area contributed by atoms with Crippen LogP contribution in [0.25, 0.3) is 0 Å². The molecule has 5 saturated carbocycles. The molecule has 0 spiro atoms. The summed E-state index contributed by atoms with van der Waals surface area (Å²) >= 11 is 0. The van der Waals surface area contributed by atoms with Gasteiger partial charge in [-0.05, 0) is 150 Å². The van der Waals surface area contributed by atoms with Gasteiger partial charge in [0.15, 0.2) is 0 Å². The van der Waals surface area contributed by atoms with E-state index in [1.807, 2.05) is 6.07 Å². The number of rotatable bonds is 10. The van der Waals surface area contributed by atoms with Gasteiger partial charge in [0.25, 0.3) is 0 Å². The van der Waals surface area contributed by atoms with Gasteiger partial charge in [-0.1, -0.05) is 40.5 Å². The van der Waals surface area contributed by atoms with Crippen LogP contribution in [0.5, 0.6) is 0 Å². The van der Waals surface area contributed by atoms with Crippen LogP contribution in [0.15, 0.2) is 27.6 Å². The summed E-state index contributed by atoms with van der Waals surface area (Å²) in [6.07, 6.45) is 19.8. The van der Waals surface area contributed by atoms with E-state index in [1.165, 1.54) is 57.7 Å². The lowest BCUT2D eigenvalue weighted by Gasteiger charge is -2.63. The molecule has 5 aliphatic carbocycles. The number of fused-ring (bicyclic) bond motifs is 5. The molecule has 0 saturated heterocycles. The predicted molar refractivity (Wildman–Crippen MR) is 182 cm³/mol. The lowest BCUT2D eigenvalue weighted by molar-refractivity contribution is -0.205. The van der Waals surface area contributed by atoms with Crippen LogP contribution in [0.2, 0.25) is 0 Å².